The maximum atomic E-state index is 11.1. The van der Waals surface area contributed by atoms with Gasteiger partial charge in [-0.2, -0.15) is 0 Å². The quantitative estimate of drug-likeness (QED) is 0.865. The maximum Gasteiger partial charge on any atom is 0.152 e. The largest absolute Gasteiger partial charge is 0.505 e. The van der Waals surface area contributed by atoms with Crippen LogP contribution in [0.2, 0.25) is 0 Å². The Kier molecular flexibility index (Phi) is 4.67. The molecule has 0 bridgehead atoms. The fraction of sp³-hybridized carbons (Fsp3) is 0.524. The molecule has 1 unspecified atom stereocenters. The van der Waals surface area contributed by atoms with Gasteiger partial charge >= 0.3 is 0 Å². The Morgan fingerprint density at radius 3 is 2.35 bits per heavy atom. The fourth-order valence-corrected chi connectivity index (χ4v) is 4.88. The number of aromatic hydroxyl groups is 1. The molecule has 1 saturated heterocycles. The molecule has 2 heterocycles. The first-order valence-electron chi connectivity index (χ1n) is 9.50. The standard InChI is InChI=1S/C21H27N3O2/c1-15(20-22-10-19(25)11-23-20)12-24-13-17-8-21(26,9-18(17)14-24)7-16-5-3-2-4-6-16/h2-6,10-11,15,17-18,25-26H,7-9,12-14H2,1H3/t15?,17-,18+,21-. The highest BCUT2D eigenvalue weighted by molar-refractivity contribution is 5.18. The molecule has 1 aromatic carbocycles. The lowest BCUT2D eigenvalue weighted by atomic mass is 9.91. The minimum Gasteiger partial charge on any atom is -0.505 e. The summed E-state index contributed by atoms with van der Waals surface area (Å²) >= 11 is 0. The Bertz CT molecular complexity index is 721. The lowest BCUT2D eigenvalue weighted by Crippen LogP contribution is -2.33. The SMILES string of the molecule is CC(CN1C[C@@H]2C[C@@](O)(Cc3ccccc3)C[C@@H]2C1)c1ncc(O)cn1. The van der Waals surface area contributed by atoms with Gasteiger partial charge in [0.1, 0.15) is 5.82 Å². The molecule has 4 atom stereocenters. The van der Waals surface area contributed by atoms with Crippen molar-refractivity contribution in [2.75, 3.05) is 19.6 Å². The summed E-state index contributed by atoms with van der Waals surface area (Å²) < 4.78 is 0. The topological polar surface area (TPSA) is 69.5 Å². The molecule has 1 aliphatic carbocycles. The van der Waals surface area contributed by atoms with E-state index in [2.05, 4.69) is 33.9 Å². The van der Waals surface area contributed by atoms with Crippen LogP contribution in [0.25, 0.3) is 0 Å². The van der Waals surface area contributed by atoms with Crippen molar-refractivity contribution in [1.82, 2.24) is 14.9 Å². The molecule has 5 heteroatoms. The number of hydrogen-bond acceptors (Lipinski definition) is 5. The highest BCUT2D eigenvalue weighted by Crippen LogP contribution is 2.45. The smallest absolute Gasteiger partial charge is 0.152 e. The van der Waals surface area contributed by atoms with Crippen LogP contribution in [-0.4, -0.2) is 50.3 Å². The van der Waals surface area contributed by atoms with Crippen molar-refractivity contribution in [2.24, 2.45) is 11.8 Å². The zero-order valence-corrected chi connectivity index (χ0v) is 15.3. The lowest BCUT2D eigenvalue weighted by molar-refractivity contribution is 0.0353. The molecule has 4 rings (SSSR count). The van der Waals surface area contributed by atoms with E-state index in [0.29, 0.717) is 11.8 Å². The van der Waals surface area contributed by atoms with Crippen molar-refractivity contribution in [2.45, 2.75) is 37.7 Å². The van der Waals surface area contributed by atoms with E-state index >= 15 is 0 Å². The van der Waals surface area contributed by atoms with Gasteiger partial charge in [0.05, 0.1) is 18.0 Å². The third-order valence-electron chi connectivity index (χ3n) is 5.94. The van der Waals surface area contributed by atoms with Gasteiger partial charge in [-0.15, -0.1) is 0 Å². The Labute approximate surface area is 154 Å². The molecule has 0 amide bonds. The minimum atomic E-state index is -0.547. The van der Waals surface area contributed by atoms with Gasteiger partial charge in [-0.1, -0.05) is 37.3 Å². The number of fused-ring (bicyclic) bond motifs is 1. The van der Waals surface area contributed by atoms with Crippen LogP contribution < -0.4 is 0 Å². The van der Waals surface area contributed by atoms with E-state index < -0.39 is 5.60 Å². The Hall–Kier alpha value is -1.98. The van der Waals surface area contributed by atoms with Gasteiger partial charge in [0.15, 0.2) is 5.75 Å². The van der Waals surface area contributed by atoms with Gasteiger partial charge in [0.25, 0.3) is 0 Å². The molecule has 1 aliphatic heterocycles. The number of benzene rings is 1. The molecule has 2 aromatic rings. The summed E-state index contributed by atoms with van der Waals surface area (Å²) in [5.41, 5.74) is 0.680. The summed E-state index contributed by atoms with van der Waals surface area (Å²) in [6.45, 7) is 5.15. The van der Waals surface area contributed by atoms with Crippen LogP contribution in [0.1, 0.15) is 37.1 Å². The number of nitrogens with zero attached hydrogens (tertiary/aromatic N) is 3. The van der Waals surface area contributed by atoms with Crippen molar-refractivity contribution in [1.29, 1.82) is 0 Å². The second-order valence-electron chi connectivity index (χ2n) is 8.23. The molecule has 5 nitrogen and oxygen atoms in total. The molecule has 0 spiro atoms. The summed E-state index contributed by atoms with van der Waals surface area (Å²) in [4.78, 5) is 11.0. The van der Waals surface area contributed by atoms with Crippen LogP contribution in [0, 0.1) is 11.8 Å². The van der Waals surface area contributed by atoms with Crippen molar-refractivity contribution in [3.63, 3.8) is 0 Å². The summed E-state index contributed by atoms with van der Waals surface area (Å²) in [7, 11) is 0. The second kappa shape index (κ2) is 6.97. The first kappa shape index (κ1) is 17.4. The zero-order chi connectivity index (χ0) is 18.1. The highest BCUT2D eigenvalue weighted by atomic mass is 16.3. The monoisotopic (exact) mass is 353 g/mol. The van der Waals surface area contributed by atoms with E-state index in [4.69, 9.17) is 0 Å². The molecule has 2 fully saturated rings. The number of likely N-dealkylation sites (tertiary alicyclic amines) is 1. The summed E-state index contributed by atoms with van der Waals surface area (Å²) in [6.07, 6.45) is 5.47. The summed E-state index contributed by atoms with van der Waals surface area (Å²) in [5, 5.41) is 20.4. The van der Waals surface area contributed by atoms with Crippen molar-refractivity contribution in [3.8, 4) is 5.75 Å². The van der Waals surface area contributed by atoms with Crippen LogP contribution in [0.15, 0.2) is 42.7 Å². The number of hydrogen-bond donors (Lipinski definition) is 2. The molecule has 26 heavy (non-hydrogen) atoms. The predicted octanol–water partition coefficient (Wildman–Crippen LogP) is 2.60. The molecule has 2 N–H and O–H groups in total. The number of aliphatic hydroxyl groups is 1. The average Bonchev–Trinajstić information content (AvgIpc) is 3.10. The van der Waals surface area contributed by atoms with E-state index in [9.17, 15) is 10.2 Å². The molecular formula is C21H27N3O2. The van der Waals surface area contributed by atoms with Crippen molar-refractivity contribution >= 4 is 0 Å². The van der Waals surface area contributed by atoms with Crippen LogP contribution in [0.3, 0.4) is 0 Å². The second-order valence-corrected chi connectivity index (χ2v) is 8.23. The van der Waals surface area contributed by atoms with E-state index in [-0.39, 0.29) is 11.7 Å². The summed E-state index contributed by atoms with van der Waals surface area (Å²) in [6, 6.07) is 10.3. The maximum absolute atomic E-state index is 11.1. The van der Waals surface area contributed by atoms with Crippen LogP contribution in [0.5, 0.6) is 5.75 Å². The van der Waals surface area contributed by atoms with Gasteiger partial charge in [-0.05, 0) is 30.2 Å². The van der Waals surface area contributed by atoms with Crippen molar-refractivity contribution < 1.29 is 10.2 Å². The number of aromatic nitrogens is 2. The molecule has 1 saturated carbocycles. The van der Waals surface area contributed by atoms with Gasteiger partial charge in [-0.25, -0.2) is 9.97 Å². The number of rotatable bonds is 5. The van der Waals surface area contributed by atoms with Gasteiger partial charge in [-0.3, -0.25) is 0 Å². The van der Waals surface area contributed by atoms with Gasteiger partial charge in [0.2, 0.25) is 0 Å². The molecular weight excluding hydrogens is 326 g/mol. The average molecular weight is 353 g/mol. The molecule has 0 radical (unpaired) electrons. The van der Waals surface area contributed by atoms with Crippen molar-refractivity contribution in [3.05, 3.63) is 54.1 Å². The fourth-order valence-electron chi connectivity index (χ4n) is 4.88. The lowest BCUT2D eigenvalue weighted by Gasteiger charge is -2.27. The first-order chi connectivity index (χ1) is 12.5. The van der Waals surface area contributed by atoms with Crippen LogP contribution in [0.4, 0.5) is 0 Å². The van der Waals surface area contributed by atoms with E-state index in [1.807, 2.05) is 18.2 Å². The molecule has 1 aromatic heterocycles. The molecule has 2 aliphatic rings. The third kappa shape index (κ3) is 3.74. The van der Waals surface area contributed by atoms with E-state index in [1.54, 1.807) is 0 Å². The van der Waals surface area contributed by atoms with Gasteiger partial charge in [0, 0.05) is 32.0 Å². The van der Waals surface area contributed by atoms with E-state index in [0.717, 1.165) is 44.7 Å². The van der Waals surface area contributed by atoms with Crippen LogP contribution >= 0.6 is 0 Å². The summed E-state index contributed by atoms with van der Waals surface area (Å²) in [5.74, 6) is 2.28. The Morgan fingerprint density at radius 2 is 1.73 bits per heavy atom. The first-order valence-corrected chi connectivity index (χ1v) is 9.50. The van der Waals surface area contributed by atoms with E-state index in [1.165, 1.54) is 18.0 Å². The van der Waals surface area contributed by atoms with Gasteiger partial charge < -0.3 is 15.1 Å². The Balaban J connectivity index is 1.32. The predicted molar refractivity (Wildman–Crippen MR) is 99.9 cm³/mol. The van der Waals surface area contributed by atoms with Crippen LogP contribution in [-0.2, 0) is 6.42 Å². The highest BCUT2D eigenvalue weighted by Gasteiger charge is 2.48. The third-order valence-corrected chi connectivity index (χ3v) is 5.94. The normalized spacial score (nSPS) is 29.6. The molecule has 138 valence electrons. The minimum absolute atomic E-state index is 0.106. The zero-order valence-electron chi connectivity index (χ0n) is 15.3. The Morgan fingerprint density at radius 1 is 1.12 bits per heavy atom.